The van der Waals surface area contributed by atoms with Crippen LogP contribution >= 0.6 is 0 Å². The lowest BCUT2D eigenvalue weighted by Crippen LogP contribution is -2.40. The average Bonchev–Trinajstić information content (AvgIpc) is 2.94. The Balaban J connectivity index is 1.70. The highest BCUT2D eigenvalue weighted by Crippen LogP contribution is 2.56. The zero-order valence-electron chi connectivity index (χ0n) is 10.0. The van der Waals surface area contributed by atoms with Gasteiger partial charge >= 0.3 is 0 Å². The van der Waals surface area contributed by atoms with Gasteiger partial charge in [-0.3, -0.25) is 0 Å². The Bertz CT molecular complexity index is 464. The third kappa shape index (κ3) is 1.25. The number of allylic oxidation sites excluding steroid dienone is 1. The quantitative estimate of drug-likeness (QED) is 0.666. The van der Waals surface area contributed by atoms with Crippen molar-refractivity contribution in [1.82, 2.24) is 0 Å². The molecule has 2 bridgehead atoms. The molecule has 2 aliphatic carbocycles. The van der Waals surface area contributed by atoms with Crippen molar-refractivity contribution in [2.45, 2.75) is 25.4 Å². The summed E-state index contributed by atoms with van der Waals surface area (Å²) >= 11 is 0. The Morgan fingerprint density at radius 3 is 2.94 bits per heavy atom. The van der Waals surface area contributed by atoms with Crippen LogP contribution in [-0.2, 0) is 6.42 Å². The van der Waals surface area contributed by atoms with Gasteiger partial charge in [-0.25, -0.2) is 0 Å². The molecule has 5 unspecified atom stereocenters. The standard InChI is InChI=1S/C16H18O/c1-2-10-7-12-9-13(10)16-14(12)8-11-5-3-4-6-15(11)17-16/h2-6,10,12-14,16H,1,7-9H2. The van der Waals surface area contributed by atoms with Crippen LogP contribution in [0.25, 0.3) is 0 Å². The lowest BCUT2D eigenvalue weighted by molar-refractivity contribution is 0.0487. The van der Waals surface area contributed by atoms with Crippen molar-refractivity contribution in [3.8, 4) is 5.75 Å². The van der Waals surface area contributed by atoms with Crippen molar-refractivity contribution >= 4 is 0 Å². The van der Waals surface area contributed by atoms with E-state index in [1.54, 1.807) is 0 Å². The van der Waals surface area contributed by atoms with Gasteiger partial charge in [0.05, 0.1) is 0 Å². The minimum Gasteiger partial charge on any atom is -0.490 e. The van der Waals surface area contributed by atoms with Crippen LogP contribution in [0.15, 0.2) is 36.9 Å². The number of ether oxygens (including phenoxy) is 1. The van der Waals surface area contributed by atoms with Crippen LogP contribution in [-0.4, -0.2) is 6.10 Å². The monoisotopic (exact) mass is 226 g/mol. The van der Waals surface area contributed by atoms with E-state index in [-0.39, 0.29) is 0 Å². The molecule has 0 amide bonds. The Morgan fingerprint density at radius 2 is 2.06 bits per heavy atom. The molecule has 2 saturated carbocycles. The highest BCUT2D eigenvalue weighted by atomic mass is 16.5. The van der Waals surface area contributed by atoms with Crippen molar-refractivity contribution < 1.29 is 4.74 Å². The molecule has 1 aliphatic heterocycles. The smallest absolute Gasteiger partial charge is 0.122 e. The van der Waals surface area contributed by atoms with E-state index in [4.69, 9.17) is 4.74 Å². The van der Waals surface area contributed by atoms with Gasteiger partial charge in [-0.05, 0) is 42.7 Å². The summed E-state index contributed by atoms with van der Waals surface area (Å²) in [7, 11) is 0. The molecule has 0 saturated heterocycles. The van der Waals surface area contributed by atoms with Crippen LogP contribution in [0.1, 0.15) is 18.4 Å². The minimum absolute atomic E-state index is 0.464. The third-order valence-corrected chi connectivity index (χ3v) is 5.14. The second kappa shape index (κ2) is 3.38. The maximum absolute atomic E-state index is 6.27. The van der Waals surface area contributed by atoms with Crippen LogP contribution in [0, 0.1) is 23.7 Å². The minimum atomic E-state index is 0.464. The molecule has 2 fully saturated rings. The summed E-state index contributed by atoms with van der Waals surface area (Å²) in [6.45, 7) is 3.99. The number of para-hydroxylation sites is 1. The fourth-order valence-electron chi connectivity index (χ4n) is 4.37. The first-order valence-electron chi connectivity index (χ1n) is 6.74. The molecule has 0 spiro atoms. The van der Waals surface area contributed by atoms with Crippen molar-refractivity contribution in [3.63, 3.8) is 0 Å². The second-order valence-electron chi connectivity index (χ2n) is 5.85. The van der Waals surface area contributed by atoms with Crippen LogP contribution in [0.5, 0.6) is 5.75 Å². The predicted octanol–water partition coefficient (Wildman–Crippen LogP) is 3.45. The first kappa shape index (κ1) is 9.76. The molecule has 0 aromatic heterocycles. The van der Waals surface area contributed by atoms with Gasteiger partial charge in [0.25, 0.3) is 0 Å². The molecule has 5 atom stereocenters. The van der Waals surface area contributed by atoms with E-state index in [1.165, 1.54) is 24.8 Å². The van der Waals surface area contributed by atoms with Crippen LogP contribution in [0.4, 0.5) is 0 Å². The lowest BCUT2D eigenvalue weighted by atomic mass is 9.76. The first-order valence-corrected chi connectivity index (χ1v) is 6.74. The van der Waals surface area contributed by atoms with Gasteiger partial charge in [-0.15, -0.1) is 6.58 Å². The number of hydrogen-bond donors (Lipinski definition) is 0. The molecular weight excluding hydrogens is 208 g/mol. The van der Waals surface area contributed by atoms with E-state index in [2.05, 4.69) is 36.9 Å². The number of hydrogen-bond acceptors (Lipinski definition) is 1. The van der Waals surface area contributed by atoms with E-state index >= 15 is 0 Å². The Labute approximate surface area is 102 Å². The SMILES string of the molecule is C=CC1CC2CC1C1Oc3ccccc3CC21. The van der Waals surface area contributed by atoms with E-state index in [0.717, 1.165) is 23.5 Å². The largest absolute Gasteiger partial charge is 0.490 e. The molecule has 17 heavy (non-hydrogen) atoms. The summed E-state index contributed by atoms with van der Waals surface area (Å²) in [5.74, 6) is 4.21. The Morgan fingerprint density at radius 1 is 1.18 bits per heavy atom. The predicted molar refractivity (Wildman–Crippen MR) is 68.0 cm³/mol. The summed E-state index contributed by atoms with van der Waals surface area (Å²) in [6.07, 6.45) is 6.56. The molecule has 1 nitrogen and oxygen atoms in total. The normalized spacial score (nSPS) is 41.5. The summed E-state index contributed by atoms with van der Waals surface area (Å²) in [5.41, 5.74) is 1.41. The summed E-state index contributed by atoms with van der Waals surface area (Å²) in [6, 6.07) is 8.56. The molecule has 88 valence electrons. The molecule has 1 heterocycles. The average molecular weight is 226 g/mol. The Kier molecular flexibility index (Phi) is 1.94. The van der Waals surface area contributed by atoms with E-state index in [9.17, 15) is 0 Å². The van der Waals surface area contributed by atoms with E-state index < -0.39 is 0 Å². The zero-order chi connectivity index (χ0) is 11.4. The van der Waals surface area contributed by atoms with Gasteiger partial charge in [0, 0.05) is 11.8 Å². The maximum atomic E-state index is 6.27. The van der Waals surface area contributed by atoms with Crippen molar-refractivity contribution in [3.05, 3.63) is 42.5 Å². The lowest BCUT2D eigenvalue weighted by Gasteiger charge is -2.39. The second-order valence-corrected chi connectivity index (χ2v) is 5.85. The molecule has 0 radical (unpaired) electrons. The number of rotatable bonds is 1. The molecule has 1 aromatic carbocycles. The maximum Gasteiger partial charge on any atom is 0.122 e. The van der Waals surface area contributed by atoms with Gasteiger partial charge in [-0.2, -0.15) is 0 Å². The first-order chi connectivity index (χ1) is 8.36. The van der Waals surface area contributed by atoms with Crippen LogP contribution in [0.3, 0.4) is 0 Å². The fourth-order valence-corrected chi connectivity index (χ4v) is 4.37. The molecule has 0 N–H and O–H groups in total. The van der Waals surface area contributed by atoms with E-state index in [0.29, 0.717) is 12.0 Å². The summed E-state index contributed by atoms with van der Waals surface area (Å²) < 4.78 is 6.27. The molecule has 1 aromatic rings. The highest BCUT2D eigenvalue weighted by Gasteiger charge is 2.54. The van der Waals surface area contributed by atoms with Crippen LogP contribution in [0.2, 0.25) is 0 Å². The number of fused-ring (bicyclic) bond motifs is 6. The summed E-state index contributed by atoms with van der Waals surface area (Å²) in [4.78, 5) is 0. The summed E-state index contributed by atoms with van der Waals surface area (Å²) in [5, 5.41) is 0. The van der Waals surface area contributed by atoms with E-state index in [1.807, 2.05) is 0 Å². The van der Waals surface area contributed by atoms with Crippen LogP contribution < -0.4 is 4.74 Å². The number of benzene rings is 1. The molecule has 3 aliphatic rings. The highest BCUT2D eigenvalue weighted by molar-refractivity contribution is 5.37. The van der Waals surface area contributed by atoms with Gasteiger partial charge in [-0.1, -0.05) is 24.3 Å². The van der Waals surface area contributed by atoms with Crippen molar-refractivity contribution in [1.29, 1.82) is 0 Å². The Hall–Kier alpha value is -1.24. The van der Waals surface area contributed by atoms with Gasteiger partial charge in [0.1, 0.15) is 11.9 Å². The zero-order valence-corrected chi connectivity index (χ0v) is 10.0. The van der Waals surface area contributed by atoms with Crippen molar-refractivity contribution in [2.24, 2.45) is 23.7 Å². The third-order valence-electron chi connectivity index (χ3n) is 5.14. The molecular formula is C16H18O. The van der Waals surface area contributed by atoms with Gasteiger partial charge in [0.15, 0.2) is 0 Å². The van der Waals surface area contributed by atoms with Crippen molar-refractivity contribution in [2.75, 3.05) is 0 Å². The fraction of sp³-hybridized carbons (Fsp3) is 0.500. The molecule has 1 heteroatoms. The topological polar surface area (TPSA) is 9.23 Å². The van der Waals surface area contributed by atoms with Gasteiger partial charge in [0.2, 0.25) is 0 Å². The van der Waals surface area contributed by atoms with Gasteiger partial charge < -0.3 is 4.74 Å². The molecule has 4 rings (SSSR count).